The van der Waals surface area contributed by atoms with Crippen LogP contribution in [0.1, 0.15) is 38.3 Å². The molecule has 0 atom stereocenters. The van der Waals surface area contributed by atoms with Crippen molar-refractivity contribution in [2.75, 3.05) is 12.4 Å². The Kier molecular flexibility index (Phi) is 5.87. The van der Waals surface area contributed by atoms with Crippen LogP contribution in [-0.2, 0) is 6.54 Å². The molecule has 3 N–H and O–H groups in total. The van der Waals surface area contributed by atoms with Gasteiger partial charge in [0.1, 0.15) is 0 Å². The minimum absolute atomic E-state index is 0.163. The van der Waals surface area contributed by atoms with E-state index >= 15 is 0 Å². The zero-order chi connectivity index (χ0) is 21.1. The highest BCUT2D eigenvalue weighted by atomic mass is 16.1. The van der Waals surface area contributed by atoms with E-state index in [1.165, 1.54) is 5.56 Å². The van der Waals surface area contributed by atoms with E-state index in [1.807, 2.05) is 52.9 Å². The van der Waals surface area contributed by atoms with E-state index in [9.17, 15) is 9.59 Å². The molecule has 29 heavy (non-hydrogen) atoms. The average molecular weight is 389 g/mol. The smallest absolute Gasteiger partial charge is 0.253 e. The van der Waals surface area contributed by atoms with Gasteiger partial charge in [-0.3, -0.25) is 9.59 Å². The van der Waals surface area contributed by atoms with Crippen LogP contribution in [0.4, 0.5) is 5.69 Å². The third kappa shape index (κ3) is 4.40. The number of anilines is 1. The normalized spacial score (nSPS) is 10.7. The molecular weight excluding hydrogens is 362 g/mol. The molecule has 0 spiro atoms. The first-order valence-electron chi connectivity index (χ1n) is 9.67. The van der Waals surface area contributed by atoms with Gasteiger partial charge in [-0.15, -0.1) is 0 Å². The Morgan fingerprint density at radius 1 is 0.966 bits per heavy atom. The van der Waals surface area contributed by atoms with E-state index in [0.29, 0.717) is 11.1 Å². The number of aromatic nitrogens is 1. The molecule has 150 valence electrons. The molecule has 1 heterocycles. The van der Waals surface area contributed by atoms with E-state index in [0.717, 1.165) is 33.6 Å². The Hall–Kier alpha value is -3.34. The summed E-state index contributed by atoms with van der Waals surface area (Å²) >= 11 is 0. The summed E-state index contributed by atoms with van der Waals surface area (Å²) in [7, 11) is 1.85. The molecule has 0 aliphatic heterocycles. The highest BCUT2D eigenvalue weighted by Gasteiger charge is 2.15. The van der Waals surface area contributed by atoms with Crippen molar-refractivity contribution in [1.29, 1.82) is 0 Å². The quantitative estimate of drug-likeness (QED) is 0.611. The zero-order valence-electron chi connectivity index (χ0n) is 17.6. The van der Waals surface area contributed by atoms with E-state index in [4.69, 9.17) is 0 Å². The summed E-state index contributed by atoms with van der Waals surface area (Å²) in [5.41, 5.74) is 7.65. The number of aryl methyl sites for hydroxylation is 3. The lowest BCUT2D eigenvalue weighted by molar-refractivity contribution is 0.0950. The molecule has 0 bridgehead atoms. The lowest BCUT2D eigenvalue weighted by atomic mass is 9.96. The molecule has 5 heteroatoms. The van der Waals surface area contributed by atoms with Crippen molar-refractivity contribution in [3.63, 3.8) is 0 Å². The van der Waals surface area contributed by atoms with E-state index in [-0.39, 0.29) is 18.0 Å². The van der Waals surface area contributed by atoms with Crippen LogP contribution in [0.25, 0.3) is 11.1 Å². The van der Waals surface area contributed by atoms with Crippen LogP contribution in [0.3, 0.4) is 0 Å². The van der Waals surface area contributed by atoms with Gasteiger partial charge in [-0.25, -0.2) is 0 Å². The van der Waals surface area contributed by atoms with Crippen molar-refractivity contribution < 1.29 is 4.79 Å². The molecule has 1 aromatic heterocycles. The average Bonchev–Trinajstić information content (AvgIpc) is 2.67. The Labute approximate surface area is 171 Å². The molecule has 0 saturated heterocycles. The maximum absolute atomic E-state index is 13.0. The van der Waals surface area contributed by atoms with Gasteiger partial charge < -0.3 is 15.6 Å². The Balaban J connectivity index is 1.93. The van der Waals surface area contributed by atoms with Crippen LogP contribution in [0.2, 0.25) is 0 Å². The van der Waals surface area contributed by atoms with Crippen LogP contribution in [-0.4, -0.2) is 17.9 Å². The summed E-state index contributed by atoms with van der Waals surface area (Å²) < 4.78 is 0. The van der Waals surface area contributed by atoms with Crippen molar-refractivity contribution in [2.45, 2.75) is 34.2 Å². The standard InChI is InChI=1S/C24H27N3O2/c1-14-6-8-18(9-7-14)19-11-20(17(4)22(12-19)25-5)23(28)26-13-21-15(2)10-16(3)27-24(21)29/h6-12,25H,13H2,1-5H3,(H,26,28)(H,27,29). The van der Waals surface area contributed by atoms with Crippen LogP contribution in [0.5, 0.6) is 0 Å². The fourth-order valence-corrected chi connectivity index (χ4v) is 3.49. The van der Waals surface area contributed by atoms with Crippen molar-refractivity contribution in [3.8, 4) is 11.1 Å². The first kappa shape index (κ1) is 20.4. The minimum atomic E-state index is -0.202. The van der Waals surface area contributed by atoms with E-state index in [1.54, 1.807) is 0 Å². The van der Waals surface area contributed by atoms with Crippen LogP contribution < -0.4 is 16.2 Å². The molecule has 0 saturated carbocycles. The second-order valence-corrected chi connectivity index (χ2v) is 7.44. The van der Waals surface area contributed by atoms with E-state index in [2.05, 4.69) is 39.9 Å². The summed E-state index contributed by atoms with van der Waals surface area (Å²) in [6.45, 7) is 7.88. The molecule has 5 nitrogen and oxygen atoms in total. The van der Waals surface area contributed by atoms with Crippen molar-refractivity contribution in [1.82, 2.24) is 10.3 Å². The van der Waals surface area contributed by atoms with Gasteiger partial charge in [0.25, 0.3) is 11.5 Å². The van der Waals surface area contributed by atoms with Crippen LogP contribution >= 0.6 is 0 Å². The van der Waals surface area contributed by atoms with Gasteiger partial charge in [0, 0.05) is 36.1 Å². The Morgan fingerprint density at radius 2 is 1.66 bits per heavy atom. The predicted molar refractivity (Wildman–Crippen MR) is 119 cm³/mol. The monoisotopic (exact) mass is 389 g/mol. The Morgan fingerprint density at radius 3 is 2.28 bits per heavy atom. The molecule has 0 aliphatic rings. The van der Waals surface area contributed by atoms with Crippen molar-refractivity contribution >= 4 is 11.6 Å². The third-order valence-electron chi connectivity index (χ3n) is 5.23. The number of aromatic amines is 1. The summed E-state index contributed by atoms with van der Waals surface area (Å²) in [5.74, 6) is -0.202. The summed E-state index contributed by atoms with van der Waals surface area (Å²) in [6.07, 6.45) is 0. The van der Waals surface area contributed by atoms with E-state index < -0.39 is 0 Å². The number of amides is 1. The first-order valence-corrected chi connectivity index (χ1v) is 9.67. The number of hydrogen-bond acceptors (Lipinski definition) is 3. The summed E-state index contributed by atoms with van der Waals surface area (Å²) in [5, 5.41) is 6.08. The highest BCUT2D eigenvalue weighted by molar-refractivity contribution is 5.98. The number of H-pyrrole nitrogens is 1. The topological polar surface area (TPSA) is 74.0 Å². The largest absolute Gasteiger partial charge is 0.388 e. The van der Waals surface area contributed by atoms with Crippen LogP contribution in [0.15, 0.2) is 47.3 Å². The van der Waals surface area contributed by atoms with Gasteiger partial charge in [0.2, 0.25) is 0 Å². The van der Waals surface area contributed by atoms with Crippen LogP contribution in [0, 0.1) is 27.7 Å². The van der Waals surface area contributed by atoms with Gasteiger partial charge in [0.05, 0.1) is 0 Å². The molecule has 3 rings (SSSR count). The lowest BCUT2D eigenvalue weighted by Gasteiger charge is -2.15. The number of carbonyl (C=O) groups excluding carboxylic acids is 1. The van der Waals surface area contributed by atoms with Gasteiger partial charge in [0.15, 0.2) is 0 Å². The summed E-state index contributed by atoms with van der Waals surface area (Å²) in [6, 6.07) is 14.1. The molecule has 0 unspecified atom stereocenters. The lowest BCUT2D eigenvalue weighted by Crippen LogP contribution is -2.28. The molecular formula is C24H27N3O2. The maximum Gasteiger partial charge on any atom is 0.253 e. The van der Waals surface area contributed by atoms with Crippen molar-refractivity contribution in [2.24, 2.45) is 0 Å². The summed E-state index contributed by atoms with van der Waals surface area (Å²) in [4.78, 5) is 28.0. The van der Waals surface area contributed by atoms with Crippen molar-refractivity contribution in [3.05, 3.63) is 86.3 Å². The van der Waals surface area contributed by atoms with Gasteiger partial charge in [-0.1, -0.05) is 29.8 Å². The van der Waals surface area contributed by atoms with Gasteiger partial charge >= 0.3 is 0 Å². The number of carbonyl (C=O) groups is 1. The molecule has 0 radical (unpaired) electrons. The number of benzene rings is 2. The predicted octanol–water partition coefficient (Wildman–Crippen LogP) is 4.25. The third-order valence-corrected chi connectivity index (χ3v) is 5.23. The minimum Gasteiger partial charge on any atom is -0.388 e. The van der Waals surface area contributed by atoms with Gasteiger partial charge in [-0.05, 0) is 68.1 Å². The number of rotatable bonds is 5. The Bertz CT molecular complexity index is 1110. The molecule has 1 amide bonds. The highest BCUT2D eigenvalue weighted by Crippen LogP contribution is 2.29. The molecule has 2 aromatic carbocycles. The number of nitrogens with one attached hydrogen (secondary N) is 3. The molecule has 0 fully saturated rings. The second-order valence-electron chi connectivity index (χ2n) is 7.44. The fraction of sp³-hybridized carbons (Fsp3) is 0.250. The van der Waals surface area contributed by atoms with Gasteiger partial charge in [-0.2, -0.15) is 0 Å². The molecule has 3 aromatic rings. The molecule has 0 aliphatic carbocycles. The second kappa shape index (κ2) is 8.35. The maximum atomic E-state index is 13.0. The number of pyridine rings is 1. The fourth-order valence-electron chi connectivity index (χ4n) is 3.49. The first-order chi connectivity index (χ1) is 13.8. The zero-order valence-corrected chi connectivity index (χ0v) is 17.6. The number of hydrogen-bond donors (Lipinski definition) is 3. The SMILES string of the molecule is CNc1cc(-c2ccc(C)cc2)cc(C(=O)NCc2c(C)cc(C)[nH]c2=O)c1C.